The molecule has 6 rings (SSSR count). The number of fused-ring (bicyclic) bond motifs is 2. The fourth-order valence-electron chi connectivity index (χ4n) is 4.39. The molecule has 4 heterocycles. The monoisotopic (exact) mass is 478 g/mol. The summed E-state index contributed by atoms with van der Waals surface area (Å²) < 4.78 is 21.6. The zero-order valence-corrected chi connectivity index (χ0v) is 18.7. The molecule has 12 nitrogen and oxygen atoms in total. The number of nitro groups is 1. The first-order chi connectivity index (χ1) is 17.1. The molecule has 0 atom stereocenters. The number of ether oxygens (including phenoxy) is 4. The minimum atomic E-state index is -0.441. The van der Waals surface area contributed by atoms with Crippen molar-refractivity contribution in [2.45, 2.75) is 6.54 Å². The molecule has 1 N–H and O–H groups in total. The normalized spacial score (nSPS) is 16.4. The first-order valence-corrected chi connectivity index (χ1v) is 11.2. The summed E-state index contributed by atoms with van der Waals surface area (Å²) in [5, 5.41) is 15.1. The van der Waals surface area contributed by atoms with Crippen molar-refractivity contribution >= 4 is 23.0 Å². The lowest BCUT2D eigenvalue weighted by atomic mass is 10.1. The van der Waals surface area contributed by atoms with Gasteiger partial charge in [-0.25, -0.2) is 9.97 Å². The fourth-order valence-corrected chi connectivity index (χ4v) is 4.39. The first kappa shape index (κ1) is 21.2. The molecule has 3 aliphatic rings. The highest BCUT2D eigenvalue weighted by Gasteiger charge is 2.30. The number of nitrogens with one attached hydrogen (secondary N) is 1. The van der Waals surface area contributed by atoms with Crippen LogP contribution in [0.1, 0.15) is 5.56 Å². The molecule has 0 bridgehead atoms. The Hall–Kier alpha value is -4.32. The van der Waals surface area contributed by atoms with E-state index in [2.05, 4.69) is 20.2 Å². The number of aromatic nitrogens is 2. The van der Waals surface area contributed by atoms with Gasteiger partial charge in [-0.15, -0.1) is 0 Å². The van der Waals surface area contributed by atoms with E-state index in [0.29, 0.717) is 36.1 Å². The highest BCUT2D eigenvalue weighted by Crippen LogP contribution is 2.38. The van der Waals surface area contributed by atoms with E-state index in [0.717, 1.165) is 36.7 Å². The molecule has 0 unspecified atom stereocenters. The fraction of sp³-hybridized carbons (Fsp3) is 0.304. The van der Waals surface area contributed by atoms with Gasteiger partial charge in [0.2, 0.25) is 25.2 Å². The van der Waals surface area contributed by atoms with Crippen molar-refractivity contribution in [1.29, 1.82) is 0 Å². The molecule has 0 spiro atoms. The topological polar surface area (TPSA) is 124 Å². The standard InChI is InChI=1S/C23H22N6O6/c30-29(31)21-22(26-16-2-4-18-20(10-16)35-14-33-18)24-12-25-23(21)28-7-5-27(6-8-28)11-15-1-3-17-19(9-15)34-13-32-17/h1-4,9-10,12H,5-8,11,13-14H2,(H,24,25,26). The van der Waals surface area contributed by atoms with Crippen molar-refractivity contribution in [1.82, 2.24) is 14.9 Å². The van der Waals surface area contributed by atoms with Crippen LogP contribution < -0.4 is 29.2 Å². The van der Waals surface area contributed by atoms with Crippen LogP contribution in [0.3, 0.4) is 0 Å². The van der Waals surface area contributed by atoms with E-state index in [1.807, 2.05) is 23.1 Å². The van der Waals surface area contributed by atoms with Gasteiger partial charge in [0, 0.05) is 44.5 Å². The highest BCUT2D eigenvalue weighted by molar-refractivity contribution is 5.75. The summed E-state index contributed by atoms with van der Waals surface area (Å²) in [4.78, 5) is 24.3. The number of anilines is 3. The summed E-state index contributed by atoms with van der Waals surface area (Å²) in [6.07, 6.45) is 1.34. The van der Waals surface area contributed by atoms with Crippen LogP contribution in [-0.2, 0) is 6.54 Å². The van der Waals surface area contributed by atoms with Crippen LogP contribution in [0.2, 0.25) is 0 Å². The van der Waals surface area contributed by atoms with E-state index in [1.165, 1.54) is 6.33 Å². The van der Waals surface area contributed by atoms with Gasteiger partial charge >= 0.3 is 5.69 Å². The third-order valence-corrected chi connectivity index (χ3v) is 6.14. The third kappa shape index (κ3) is 4.19. The Labute approximate surface area is 200 Å². The summed E-state index contributed by atoms with van der Waals surface area (Å²) in [7, 11) is 0. The molecule has 0 saturated carbocycles. The van der Waals surface area contributed by atoms with Crippen molar-refractivity contribution in [3.05, 3.63) is 58.4 Å². The van der Waals surface area contributed by atoms with Crippen LogP contribution in [0.5, 0.6) is 23.0 Å². The summed E-state index contributed by atoms with van der Waals surface area (Å²) in [5.41, 5.74) is 1.58. The Kier molecular flexibility index (Phi) is 5.34. The second-order valence-corrected chi connectivity index (χ2v) is 8.30. The number of nitrogens with zero attached hydrogens (tertiary/aromatic N) is 5. The first-order valence-electron chi connectivity index (χ1n) is 11.2. The van der Waals surface area contributed by atoms with Crippen molar-refractivity contribution in [2.75, 3.05) is 50.0 Å². The average Bonchev–Trinajstić information content (AvgIpc) is 3.53. The van der Waals surface area contributed by atoms with Gasteiger partial charge < -0.3 is 29.2 Å². The van der Waals surface area contributed by atoms with Crippen LogP contribution >= 0.6 is 0 Å². The van der Waals surface area contributed by atoms with E-state index in [4.69, 9.17) is 18.9 Å². The van der Waals surface area contributed by atoms with Gasteiger partial charge in [0.25, 0.3) is 0 Å². The van der Waals surface area contributed by atoms with Crippen LogP contribution in [0.15, 0.2) is 42.7 Å². The van der Waals surface area contributed by atoms with Crippen molar-refractivity contribution in [2.24, 2.45) is 0 Å². The Balaban J connectivity index is 1.16. The molecule has 12 heteroatoms. The Bertz CT molecular complexity index is 1280. The third-order valence-electron chi connectivity index (χ3n) is 6.14. The van der Waals surface area contributed by atoms with Gasteiger partial charge in [0.05, 0.1) is 4.92 Å². The van der Waals surface area contributed by atoms with Gasteiger partial charge in [0.15, 0.2) is 23.0 Å². The summed E-state index contributed by atoms with van der Waals surface area (Å²) in [6, 6.07) is 11.2. The summed E-state index contributed by atoms with van der Waals surface area (Å²) in [6.45, 7) is 3.84. The highest BCUT2D eigenvalue weighted by atomic mass is 16.7. The maximum absolute atomic E-state index is 12.0. The summed E-state index contributed by atoms with van der Waals surface area (Å²) in [5.74, 6) is 3.16. The molecular weight excluding hydrogens is 456 g/mol. The van der Waals surface area contributed by atoms with E-state index >= 15 is 0 Å². The van der Waals surface area contributed by atoms with Crippen LogP contribution in [-0.4, -0.2) is 59.6 Å². The molecule has 1 saturated heterocycles. The zero-order chi connectivity index (χ0) is 23.8. The predicted octanol–water partition coefficient (Wildman–Crippen LogP) is 2.91. The molecule has 3 aromatic rings. The van der Waals surface area contributed by atoms with Gasteiger partial charge in [-0.05, 0) is 29.8 Å². The molecule has 2 aromatic carbocycles. The van der Waals surface area contributed by atoms with Gasteiger partial charge in [-0.2, -0.15) is 0 Å². The minimum absolute atomic E-state index is 0.127. The molecule has 35 heavy (non-hydrogen) atoms. The number of piperazine rings is 1. The molecular formula is C23H22N6O6. The van der Waals surface area contributed by atoms with Gasteiger partial charge in [0.1, 0.15) is 6.33 Å². The largest absolute Gasteiger partial charge is 0.454 e. The number of rotatable bonds is 6. The van der Waals surface area contributed by atoms with Crippen LogP contribution in [0.4, 0.5) is 23.0 Å². The molecule has 1 aromatic heterocycles. The smallest absolute Gasteiger partial charge is 0.353 e. The molecule has 180 valence electrons. The minimum Gasteiger partial charge on any atom is -0.454 e. The molecule has 0 amide bonds. The Morgan fingerprint density at radius 1 is 0.886 bits per heavy atom. The maximum Gasteiger partial charge on any atom is 0.353 e. The zero-order valence-electron chi connectivity index (χ0n) is 18.7. The van der Waals surface area contributed by atoms with Gasteiger partial charge in [-0.3, -0.25) is 15.0 Å². The Morgan fingerprint density at radius 3 is 2.31 bits per heavy atom. The molecule has 0 radical (unpaired) electrons. The predicted molar refractivity (Wildman–Crippen MR) is 125 cm³/mol. The lowest BCUT2D eigenvalue weighted by molar-refractivity contribution is -0.383. The van der Waals surface area contributed by atoms with E-state index in [9.17, 15) is 10.1 Å². The summed E-state index contributed by atoms with van der Waals surface area (Å²) >= 11 is 0. The van der Waals surface area contributed by atoms with E-state index in [-0.39, 0.29) is 25.1 Å². The second-order valence-electron chi connectivity index (χ2n) is 8.30. The maximum atomic E-state index is 12.0. The number of benzene rings is 2. The van der Waals surface area contributed by atoms with Crippen molar-refractivity contribution in [3.63, 3.8) is 0 Å². The Morgan fingerprint density at radius 2 is 1.57 bits per heavy atom. The average molecular weight is 478 g/mol. The number of hydrogen-bond acceptors (Lipinski definition) is 11. The SMILES string of the molecule is O=[N+]([O-])c1c(Nc2ccc3c(c2)OCO3)ncnc1N1CCN(Cc2ccc3c(c2)OCO3)CC1. The van der Waals surface area contributed by atoms with E-state index < -0.39 is 4.92 Å². The van der Waals surface area contributed by atoms with Gasteiger partial charge in [-0.1, -0.05) is 6.07 Å². The van der Waals surface area contributed by atoms with Crippen molar-refractivity contribution < 1.29 is 23.9 Å². The lowest BCUT2D eigenvalue weighted by Gasteiger charge is -2.35. The molecule has 3 aliphatic heterocycles. The van der Waals surface area contributed by atoms with Crippen LogP contribution in [0.25, 0.3) is 0 Å². The number of hydrogen-bond donors (Lipinski definition) is 1. The van der Waals surface area contributed by atoms with Crippen LogP contribution in [0, 0.1) is 10.1 Å². The van der Waals surface area contributed by atoms with E-state index in [1.54, 1.807) is 18.2 Å². The van der Waals surface area contributed by atoms with Crippen molar-refractivity contribution in [3.8, 4) is 23.0 Å². The lowest BCUT2D eigenvalue weighted by Crippen LogP contribution is -2.46. The molecule has 0 aliphatic carbocycles. The quantitative estimate of drug-likeness (QED) is 0.415. The second kappa shape index (κ2) is 8.80. The molecule has 1 fully saturated rings.